The van der Waals surface area contributed by atoms with Gasteiger partial charge in [0.05, 0.1) is 11.3 Å². The Hall–Kier alpha value is -2.96. The lowest BCUT2D eigenvalue weighted by Gasteiger charge is -2.27. The standard InChI is InChI=1S/C22H18ClNO4S/c1-13(2)24(21(26)17-9-8-16(23)10-15(17)12-25)18-11-19(29-20(18)22(27)28)14-6-4-3-5-7-14/h3-13H,1-2H3,(H,27,28). The highest BCUT2D eigenvalue weighted by Gasteiger charge is 2.29. The zero-order chi connectivity index (χ0) is 21.1. The first-order valence-electron chi connectivity index (χ1n) is 8.84. The molecular weight excluding hydrogens is 410 g/mol. The van der Waals surface area contributed by atoms with E-state index in [-0.39, 0.29) is 22.0 Å². The van der Waals surface area contributed by atoms with Gasteiger partial charge in [0.2, 0.25) is 0 Å². The lowest BCUT2D eigenvalue weighted by Crippen LogP contribution is -2.38. The Morgan fingerprint density at radius 3 is 2.38 bits per heavy atom. The fraction of sp³-hybridized carbons (Fsp3) is 0.136. The van der Waals surface area contributed by atoms with Crippen molar-refractivity contribution in [3.63, 3.8) is 0 Å². The summed E-state index contributed by atoms with van der Waals surface area (Å²) in [7, 11) is 0. The minimum atomic E-state index is -1.11. The van der Waals surface area contributed by atoms with Gasteiger partial charge in [0.25, 0.3) is 5.91 Å². The van der Waals surface area contributed by atoms with E-state index in [1.54, 1.807) is 19.9 Å². The van der Waals surface area contributed by atoms with Crippen molar-refractivity contribution in [1.82, 2.24) is 0 Å². The van der Waals surface area contributed by atoms with E-state index in [1.165, 1.54) is 23.1 Å². The molecule has 7 heteroatoms. The van der Waals surface area contributed by atoms with Crippen LogP contribution in [0.1, 0.15) is 44.2 Å². The number of carbonyl (C=O) groups is 3. The molecule has 0 fully saturated rings. The van der Waals surface area contributed by atoms with Gasteiger partial charge in [0, 0.05) is 21.5 Å². The molecule has 0 atom stereocenters. The monoisotopic (exact) mass is 427 g/mol. The predicted molar refractivity (Wildman–Crippen MR) is 115 cm³/mol. The first-order chi connectivity index (χ1) is 13.8. The lowest BCUT2D eigenvalue weighted by atomic mass is 10.1. The molecule has 5 nitrogen and oxygen atoms in total. The number of halogens is 1. The van der Waals surface area contributed by atoms with Gasteiger partial charge in [-0.1, -0.05) is 41.9 Å². The topological polar surface area (TPSA) is 74.7 Å². The van der Waals surface area contributed by atoms with Gasteiger partial charge in [-0.25, -0.2) is 4.79 Å². The number of rotatable bonds is 6. The average Bonchev–Trinajstić information content (AvgIpc) is 3.13. The molecular formula is C22H18ClNO4S. The van der Waals surface area contributed by atoms with Gasteiger partial charge in [-0.15, -0.1) is 11.3 Å². The van der Waals surface area contributed by atoms with Gasteiger partial charge in [0.15, 0.2) is 6.29 Å². The molecule has 29 heavy (non-hydrogen) atoms. The second-order valence-corrected chi connectivity index (χ2v) is 8.10. The van der Waals surface area contributed by atoms with Crippen molar-refractivity contribution in [2.75, 3.05) is 4.90 Å². The van der Waals surface area contributed by atoms with Crippen LogP contribution >= 0.6 is 22.9 Å². The summed E-state index contributed by atoms with van der Waals surface area (Å²) in [4.78, 5) is 38.9. The summed E-state index contributed by atoms with van der Waals surface area (Å²) in [5, 5.41) is 10.1. The number of anilines is 1. The van der Waals surface area contributed by atoms with Crippen LogP contribution in [0.5, 0.6) is 0 Å². The third-order valence-electron chi connectivity index (χ3n) is 4.33. The molecule has 3 rings (SSSR count). The second-order valence-electron chi connectivity index (χ2n) is 6.61. The Balaban J connectivity index is 2.15. The normalized spacial score (nSPS) is 10.8. The highest BCUT2D eigenvalue weighted by atomic mass is 35.5. The molecule has 0 saturated carbocycles. The summed E-state index contributed by atoms with van der Waals surface area (Å²) in [6.45, 7) is 3.58. The van der Waals surface area contributed by atoms with Gasteiger partial charge >= 0.3 is 5.97 Å². The SMILES string of the molecule is CC(C)N(C(=O)c1ccc(Cl)cc1C=O)c1cc(-c2ccccc2)sc1C(=O)O. The fourth-order valence-corrected chi connectivity index (χ4v) is 4.21. The van der Waals surface area contributed by atoms with Crippen LogP contribution < -0.4 is 4.90 Å². The second kappa shape index (κ2) is 8.59. The van der Waals surface area contributed by atoms with Crippen molar-refractivity contribution in [1.29, 1.82) is 0 Å². The van der Waals surface area contributed by atoms with Gasteiger partial charge < -0.3 is 10.0 Å². The van der Waals surface area contributed by atoms with Crippen LogP contribution in [0.2, 0.25) is 5.02 Å². The van der Waals surface area contributed by atoms with E-state index in [9.17, 15) is 19.5 Å². The summed E-state index contributed by atoms with van der Waals surface area (Å²) in [6.07, 6.45) is 0.568. The zero-order valence-electron chi connectivity index (χ0n) is 15.8. The van der Waals surface area contributed by atoms with Crippen molar-refractivity contribution in [3.05, 3.63) is 75.6 Å². The van der Waals surface area contributed by atoms with Crippen LogP contribution in [0.25, 0.3) is 10.4 Å². The van der Waals surface area contributed by atoms with Crippen molar-refractivity contribution in [2.45, 2.75) is 19.9 Å². The summed E-state index contributed by atoms with van der Waals surface area (Å²) in [5.41, 5.74) is 1.49. The Morgan fingerprint density at radius 2 is 1.79 bits per heavy atom. The summed E-state index contributed by atoms with van der Waals surface area (Å²) in [6, 6.07) is 15.2. The Bertz CT molecular complexity index is 1080. The van der Waals surface area contributed by atoms with Crippen LogP contribution in [-0.4, -0.2) is 29.3 Å². The number of hydrogen-bond donors (Lipinski definition) is 1. The van der Waals surface area contributed by atoms with E-state index in [2.05, 4.69) is 0 Å². The largest absolute Gasteiger partial charge is 0.477 e. The lowest BCUT2D eigenvalue weighted by molar-refractivity contribution is 0.0702. The molecule has 1 N–H and O–H groups in total. The highest BCUT2D eigenvalue weighted by Crippen LogP contribution is 2.38. The molecule has 0 unspecified atom stereocenters. The Labute approximate surface area is 177 Å². The highest BCUT2D eigenvalue weighted by molar-refractivity contribution is 7.18. The Kier molecular flexibility index (Phi) is 6.15. The molecule has 0 aliphatic heterocycles. The quantitative estimate of drug-likeness (QED) is 0.517. The molecule has 1 aromatic heterocycles. The molecule has 0 aliphatic carbocycles. The number of aromatic carboxylic acids is 1. The maximum atomic E-state index is 13.3. The molecule has 2 aromatic carbocycles. The zero-order valence-corrected chi connectivity index (χ0v) is 17.3. The van der Waals surface area contributed by atoms with Crippen LogP contribution in [0.4, 0.5) is 5.69 Å². The molecule has 0 spiro atoms. The van der Waals surface area contributed by atoms with Gasteiger partial charge in [0.1, 0.15) is 4.88 Å². The third-order valence-corrected chi connectivity index (χ3v) is 5.73. The molecule has 3 aromatic rings. The van der Waals surface area contributed by atoms with E-state index in [0.717, 1.165) is 21.8 Å². The van der Waals surface area contributed by atoms with E-state index in [0.29, 0.717) is 17.0 Å². The van der Waals surface area contributed by atoms with Crippen LogP contribution in [-0.2, 0) is 0 Å². The van der Waals surface area contributed by atoms with Gasteiger partial charge in [-0.2, -0.15) is 0 Å². The first kappa shape index (κ1) is 20.8. The van der Waals surface area contributed by atoms with Gasteiger partial charge in [-0.05, 0) is 43.7 Å². The maximum absolute atomic E-state index is 13.3. The number of carboxylic acid groups (broad SMARTS) is 1. The molecule has 1 amide bonds. The molecule has 148 valence electrons. The summed E-state index contributed by atoms with van der Waals surface area (Å²) < 4.78 is 0. The minimum absolute atomic E-state index is 0.0625. The summed E-state index contributed by atoms with van der Waals surface area (Å²) in [5.74, 6) is -1.57. The number of aldehydes is 1. The number of carbonyl (C=O) groups excluding carboxylic acids is 2. The van der Waals surface area contributed by atoms with E-state index >= 15 is 0 Å². The third kappa shape index (κ3) is 4.23. The molecule has 0 radical (unpaired) electrons. The van der Waals surface area contributed by atoms with Crippen LogP contribution in [0.3, 0.4) is 0 Å². The fourth-order valence-electron chi connectivity index (χ4n) is 3.04. The van der Waals surface area contributed by atoms with E-state index in [1.807, 2.05) is 30.3 Å². The maximum Gasteiger partial charge on any atom is 0.348 e. The van der Waals surface area contributed by atoms with E-state index in [4.69, 9.17) is 11.6 Å². The van der Waals surface area contributed by atoms with Crippen LogP contribution in [0, 0.1) is 0 Å². The molecule has 1 heterocycles. The number of nitrogens with zero attached hydrogens (tertiary/aromatic N) is 1. The van der Waals surface area contributed by atoms with E-state index < -0.39 is 11.9 Å². The molecule has 0 bridgehead atoms. The number of hydrogen-bond acceptors (Lipinski definition) is 4. The van der Waals surface area contributed by atoms with Crippen molar-refractivity contribution < 1.29 is 19.5 Å². The average molecular weight is 428 g/mol. The smallest absolute Gasteiger partial charge is 0.348 e. The minimum Gasteiger partial charge on any atom is -0.477 e. The molecule has 0 aliphatic rings. The number of benzene rings is 2. The summed E-state index contributed by atoms with van der Waals surface area (Å²) >= 11 is 7.04. The van der Waals surface area contributed by atoms with Crippen molar-refractivity contribution >= 4 is 46.8 Å². The Morgan fingerprint density at radius 1 is 1.10 bits per heavy atom. The predicted octanol–water partition coefficient (Wildman–Crippen LogP) is 5.63. The van der Waals surface area contributed by atoms with Crippen molar-refractivity contribution in [2.24, 2.45) is 0 Å². The van der Waals surface area contributed by atoms with Crippen molar-refractivity contribution in [3.8, 4) is 10.4 Å². The number of carboxylic acids is 1. The van der Waals surface area contributed by atoms with Crippen LogP contribution in [0.15, 0.2) is 54.6 Å². The van der Waals surface area contributed by atoms with Gasteiger partial charge in [-0.3, -0.25) is 9.59 Å². The number of thiophene rings is 1. The first-order valence-corrected chi connectivity index (χ1v) is 10.0. The number of amides is 1. The molecule has 0 saturated heterocycles.